The van der Waals surface area contributed by atoms with Gasteiger partial charge >= 0.3 is 0 Å². The Bertz CT molecular complexity index is 561. The number of hydrogen-bond acceptors (Lipinski definition) is 6. The SMILES string of the molecule is O=C(COCCOc1ccc(-c2cccnc2)cc1)SS. The Morgan fingerprint density at radius 2 is 1.95 bits per heavy atom. The summed E-state index contributed by atoms with van der Waals surface area (Å²) in [5.41, 5.74) is 2.15. The van der Waals surface area contributed by atoms with Gasteiger partial charge in [0.2, 0.25) is 5.12 Å². The highest BCUT2D eigenvalue weighted by Crippen LogP contribution is 2.21. The van der Waals surface area contributed by atoms with Gasteiger partial charge in [-0.1, -0.05) is 18.2 Å². The van der Waals surface area contributed by atoms with Crippen molar-refractivity contribution in [3.63, 3.8) is 0 Å². The molecule has 0 aliphatic carbocycles. The number of benzene rings is 1. The second kappa shape index (κ2) is 8.71. The predicted molar refractivity (Wildman–Crippen MR) is 87.6 cm³/mol. The lowest BCUT2D eigenvalue weighted by Gasteiger charge is -2.07. The largest absolute Gasteiger partial charge is 0.491 e. The monoisotopic (exact) mass is 321 g/mol. The fraction of sp³-hybridized carbons (Fsp3) is 0.200. The molecule has 0 aliphatic heterocycles. The van der Waals surface area contributed by atoms with Crippen LogP contribution in [0.2, 0.25) is 0 Å². The Morgan fingerprint density at radius 3 is 2.62 bits per heavy atom. The summed E-state index contributed by atoms with van der Waals surface area (Å²) < 4.78 is 10.7. The first-order valence-corrected chi connectivity index (χ1v) is 8.22. The number of hydrogen-bond donors (Lipinski definition) is 1. The Morgan fingerprint density at radius 1 is 1.14 bits per heavy atom. The molecule has 1 aromatic heterocycles. The van der Waals surface area contributed by atoms with Crippen molar-refractivity contribution in [3.05, 3.63) is 48.8 Å². The van der Waals surface area contributed by atoms with Gasteiger partial charge in [-0.15, -0.1) is 11.7 Å². The summed E-state index contributed by atoms with van der Waals surface area (Å²) in [6, 6.07) is 11.7. The first-order chi connectivity index (χ1) is 10.3. The number of pyridine rings is 1. The Kier molecular flexibility index (Phi) is 6.59. The van der Waals surface area contributed by atoms with Gasteiger partial charge in [-0.3, -0.25) is 9.78 Å². The molecule has 0 fully saturated rings. The van der Waals surface area contributed by atoms with E-state index < -0.39 is 0 Å². The molecule has 1 aromatic carbocycles. The zero-order chi connectivity index (χ0) is 14.9. The van der Waals surface area contributed by atoms with E-state index in [1.54, 1.807) is 6.20 Å². The molecule has 2 aromatic rings. The van der Waals surface area contributed by atoms with Crippen LogP contribution in [-0.2, 0) is 9.53 Å². The number of carbonyl (C=O) groups excluding carboxylic acids is 1. The van der Waals surface area contributed by atoms with Crippen molar-refractivity contribution < 1.29 is 14.3 Å². The molecule has 0 N–H and O–H groups in total. The van der Waals surface area contributed by atoms with Crippen LogP contribution in [0.3, 0.4) is 0 Å². The van der Waals surface area contributed by atoms with Crippen LogP contribution in [-0.4, -0.2) is 29.9 Å². The van der Waals surface area contributed by atoms with E-state index in [9.17, 15) is 4.79 Å². The highest BCUT2D eigenvalue weighted by molar-refractivity contribution is 8.74. The average Bonchev–Trinajstić information content (AvgIpc) is 2.55. The van der Waals surface area contributed by atoms with E-state index in [0.29, 0.717) is 13.2 Å². The van der Waals surface area contributed by atoms with Gasteiger partial charge in [0.25, 0.3) is 0 Å². The van der Waals surface area contributed by atoms with Crippen molar-refractivity contribution in [2.24, 2.45) is 0 Å². The second-order valence-corrected chi connectivity index (χ2v) is 5.32. The molecule has 0 amide bonds. The van der Waals surface area contributed by atoms with Crippen molar-refractivity contribution >= 4 is 27.6 Å². The van der Waals surface area contributed by atoms with Crippen LogP contribution < -0.4 is 4.74 Å². The first kappa shape index (κ1) is 15.9. The molecule has 2 rings (SSSR count). The van der Waals surface area contributed by atoms with Gasteiger partial charge < -0.3 is 9.47 Å². The molecule has 6 heteroatoms. The number of thiol groups is 1. The maximum absolute atomic E-state index is 10.9. The van der Waals surface area contributed by atoms with Gasteiger partial charge in [0.05, 0.1) is 6.61 Å². The number of nitrogens with zero attached hydrogens (tertiary/aromatic N) is 1. The zero-order valence-electron chi connectivity index (χ0n) is 11.3. The third-order valence-electron chi connectivity index (χ3n) is 2.67. The summed E-state index contributed by atoms with van der Waals surface area (Å²) in [5, 5.41) is -0.112. The van der Waals surface area contributed by atoms with Crippen molar-refractivity contribution in [1.82, 2.24) is 4.98 Å². The molecule has 0 spiro atoms. The average molecular weight is 321 g/mol. The molecule has 0 saturated carbocycles. The normalized spacial score (nSPS) is 10.3. The first-order valence-electron chi connectivity index (χ1n) is 6.35. The van der Waals surface area contributed by atoms with Crippen molar-refractivity contribution in [3.8, 4) is 16.9 Å². The molecule has 0 aliphatic rings. The minimum atomic E-state index is -0.112. The number of rotatable bonds is 7. The molecule has 110 valence electrons. The topological polar surface area (TPSA) is 48.4 Å². The zero-order valence-corrected chi connectivity index (χ0v) is 13.0. The van der Waals surface area contributed by atoms with Gasteiger partial charge in [0.1, 0.15) is 19.0 Å². The van der Waals surface area contributed by atoms with Crippen LogP contribution >= 0.6 is 22.5 Å². The third kappa shape index (κ3) is 5.41. The van der Waals surface area contributed by atoms with E-state index >= 15 is 0 Å². The van der Waals surface area contributed by atoms with E-state index in [1.165, 1.54) is 0 Å². The maximum Gasteiger partial charge on any atom is 0.224 e. The number of carbonyl (C=O) groups is 1. The Hall–Kier alpha value is -1.50. The van der Waals surface area contributed by atoms with Crippen LogP contribution in [0.4, 0.5) is 0 Å². The molecule has 1 heterocycles. The highest BCUT2D eigenvalue weighted by Gasteiger charge is 2.01. The summed E-state index contributed by atoms with van der Waals surface area (Å²) in [6.45, 7) is 0.818. The molecule has 0 bridgehead atoms. The molecule has 21 heavy (non-hydrogen) atoms. The van der Waals surface area contributed by atoms with Crippen LogP contribution in [0.1, 0.15) is 0 Å². The summed E-state index contributed by atoms with van der Waals surface area (Å²) in [5.74, 6) is 0.765. The summed E-state index contributed by atoms with van der Waals surface area (Å²) in [6.07, 6.45) is 3.57. The van der Waals surface area contributed by atoms with Crippen LogP contribution in [0.25, 0.3) is 11.1 Å². The highest BCUT2D eigenvalue weighted by atomic mass is 33.1. The molecule has 0 saturated heterocycles. The van der Waals surface area contributed by atoms with E-state index in [1.807, 2.05) is 42.6 Å². The second-order valence-electron chi connectivity index (χ2n) is 4.13. The van der Waals surface area contributed by atoms with E-state index in [0.717, 1.165) is 27.7 Å². The fourth-order valence-corrected chi connectivity index (χ4v) is 1.97. The standard InChI is InChI=1S/C15H15NO3S2/c17-15(21-20)11-18-8-9-19-14-5-3-12(4-6-14)13-2-1-7-16-10-13/h1-7,10,20H,8-9,11H2. The van der Waals surface area contributed by atoms with E-state index in [4.69, 9.17) is 9.47 Å². The quantitative estimate of drug-likeness (QED) is 0.482. The molecule has 0 radical (unpaired) electrons. The van der Waals surface area contributed by atoms with Crippen molar-refractivity contribution in [2.45, 2.75) is 0 Å². The lowest BCUT2D eigenvalue weighted by molar-refractivity contribution is -0.115. The number of ether oxygens (including phenoxy) is 2. The Labute approximate surface area is 132 Å². The number of aromatic nitrogens is 1. The predicted octanol–water partition coefficient (Wildman–Crippen LogP) is 3.25. The third-order valence-corrected chi connectivity index (χ3v) is 3.60. The summed E-state index contributed by atoms with van der Waals surface area (Å²) in [7, 11) is 0.863. The van der Waals surface area contributed by atoms with Gasteiger partial charge in [-0.2, -0.15) is 0 Å². The minimum Gasteiger partial charge on any atom is -0.491 e. The smallest absolute Gasteiger partial charge is 0.224 e. The summed E-state index contributed by atoms with van der Waals surface area (Å²) >= 11 is 3.79. The van der Waals surface area contributed by atoms with Crippen LogP contribution in [0, 0.1) is 0 Å². The van der Waals surface area contributed by atoms with Crippen LogP contribution in [0.5, 0.6) is 5.75 Å². The van der Waals surface area contributed by atoms with Gasteiger partial charge in [-0.05, 0) is 40.1 Å². The lowest BCUT2D eigenvalue weighted by atomic mass is 10.1. The molecular formula is C15H15NO3S2. The van der Waals surface area contributed by atoms with E-state index in [2.05, 4.69) is 16.6 Å². The van der Waals surface area contributed by atoms with Crippen molar-refractivity contribution in [1.29, 1.82) is 0 Å². The fourth-order valence-electron chi connectivity index (χ4n) is 1.68. The van der Waals surface area contributed by atoms with Gasteiger partial charge in [-0.25, -0.2) is 0 Å². The summed E-state index contributed by atoms with van der Waals surface area (Å²) in [4.78, 5) is 15.0. The molecule has 0 atom stereocenters. The molecule has 0 unspecified atom stereocenters. The van der Waals surface area contributed by atoms with Crippen LogP contribution in [0.15, 0.2) is 48.8 Å². The Balaban J connectivity index is 1.77. The minimum absolute atomic E-state index is 0.0530. The molecular weight excluding hydrogens is 306 g/mol. The van der Waals surface area contributed by atoms with Gasteiger partial charge in [0, 0.05) is 12.4 Å². The van der Waals surface area contributed by atoms with Crippen molar-refractivity contribution in [2.75, 3.05) is 19.8 Å². The van der Waals surface area contributed by atoms with E-state index in [-0.39, 0.29) is 11.7 Å². The lowest BCUT2D eigenvalue weighted by Crippen LogP contribution is -2.10. The van der Waals surface area contributed by atoms with Gasteiger partial charge in [0.15, 0.2) is 0 Å². The maximum atomic E-state index is 10.9. The molecule has 4 nitrogen and oxygen atoms in total.